The topological polar surface area (TPSA) is 64.7 Å². The zero-order chi connectivity index (χ0) is 12.4. The Morgan fingerprint density at radius 1 is 1.11 bits per heavy atom. The van der Waals surface area contributed by atoms with Crippen LogP contribution in [0.5, 0.6) is 0 Å². The van der Waals surface area contributed by atoms with Gasteiger partial charge in [-0.25, -0.2) is 15.0 Å². The first kappa shape index (κ1) is 10.9. The molecule has 2 heterocycles. The molecule has 0 bridgehead atoms. The summed E-state index contributed by atoms with van der Waals surface area (Å²) in [5.41, 5.74) is 8.63. The smallest absolute Gasteiger partial charge is 0.137 e. The summed E-state index contributed by atoms with van der Waals surface area (Å²) in [4.78, 5) is 12.5. The van der Waals surface area contributed by atoms with Gasteiger partial charge in [0.1, 0.15) is 17.2 Å². The van der Waals surface area contributed by atoms with E-state index in [4.69, 9.17) is 5.73 Å². The maximum Gasteiger partial charge on any atom is 0.137 e. The lowest BCUT2D eigenvalue weighted by Gasteiger charge is -1.98. The monoisotopic (exact) mass is 254 g/mol. The van der Waals surface area contributed by atoms with Gasteiger partial charge >= 0.3 is 0 Å². The number of aromatic nitrogens is 3. The number of thiazole rings is 1. The normalized spacial score (nSPS) is 10.4. The molecular formula is C13H10N4S. The minimum absolute atomic E-state index is 0.457. The van der Waals surface area contributed by atoms with Crippen LogP contribution in [0.3, 0.4) is 0 Å². The van der Waals surface area contributed by atoms with Crippen LogP contribution in [0.4, 0.5) is 5.82 Å². The highest BCUT2D eigenvalue weighted by Gasteiger charge is 2.09. The Kier molecular flexibility index (Phi) is 2.74. The molecule has 0 aliphatic carbocycles. The van der Waals surface area contributed by atoms with Crippen LogP contribution < -0.4 is 5.73 Å². The molecule has 0 aliphatic rings. The van der Waals surface area contributed by atoms with Gasteiger partial charge in [0.15, 0.2) is 0 Å². The predicted molar refractivity (Wildman–Crippen MR) is 73.0 cm³/mol. The molecule has 5 heteroatoms. The van der Waals surface area contributed by atoms with E-state index < -0.39 is 0 Å². The lowest BCUT2D eigenvalue weighted by molar-refractivity contribution is 1.17. The fraction of sp³-hybridized carbons (Fsp3) is 0. The quantitative estimate of drug-likeness (QED) is 0.763. The summed E-state index contributed by atoms with van der Waals surface area (Å²) in [5.74, 6) is 0.457. The van der Waals surface area contributed by atoms with Gasteiger partial charge in [-0.2, -0.15) is 0 Å². The van der Waals surface area contributed by atoms with E-state index in [2.05, 4.69) is 15.0 Å². The molecule has 0 saturated heterocycles. The number of anilines is 1. The molecule has 0 saturated carbocycles. The third-order valence-electron chi connectivity index (χ3n) is 2.55. The van der Waals surface area contributed by atoms with Crippen LogP contribution in [0.15, 0.2) is 48.2 Å². The lowest BCUT2D eigenvalue weighted by atomic mass is 10.2. The summed E-state index contributed by atoms with van der Waals surface area (Å²) >= 11 is 1.54. The summed E-state index contributed by atoms with van der Waals surface area (Å²) < 4.78 is 0. The number of hydrogen-bond acceptors (Lipinski definition) is 5. The lowest BCUT2D eigenvalue weighted by Crippen LogP contribution is -1.94. The van der Waals surface area contributed by atoms with Gasteiger partial charge < -0.3 is 5.73 Å². The molecule has 18 heavy (non-hydrogen) atoms. The molecule has 0 aliphatic heterocycles. The van der Waals surface area contributed by atoms with Crippen molar-refractivity contribution in [1.29, 1.82) is 0 Å². The van der Waals surface area contributed by atoms with Crippen LogP contribution in [0.1, 0.15) is 0 Å². The van der Waals surface area contributed by atoms with Crippen LogP contribution in [0.25, 0.3) is 21.8 Å². The van der Waals surface area contributed by atoms with Gasteiger partial charge in [-0.05, 0) is 0 Å². The number of nitrogens with zero attached hydrogens (tertiary/aromatic N) is 3. The third kappa shape index (κ3) is 1.96. The highest BCUT2D eigenvalue weighted by atomic mass is 32.1. The van der Waals surface area contributed by atoms with Gasteiger partial charge in [0, 0.05) is 17.1 Å². The average molecular weight is 254 g/mol. The van der Waals surface area contributed by atoms with Crippen LogP contribution in [-0.2, 0) is 0 Å². The summed E-state index contributed by atoms with van der Waals surface area (Å²) in [5, 5.41) is 2.85. The Bertz CT molecular complexity index is 664. The fourth-order valence-electron chi connectivity index (χ4n) is 1.64. The van der Waals surface area contributed by atoms with Crippen LogP contribution in [0, 0.1) is 0 Å². The van der Waals surface area contributed by atoms with E-state index in [0.29, 0.717) is 5.82 Å². The van der Waals surface area contributed by atoms with Crippen molar-refractivity contribution in [2.24, 2.45) is 0 Å². The minimum atomic E-state index is 0.457. The summed E-state index contributed by atoms with van der Waals surface area (Å²) in [7, 11) is 0. The van der Waals surface area contributed by atoms with Crippen molar-refractivity contribution in [2.75, 3.05) is 5.73 Å². The number of benzene rings is 1. The second-order valence-electron chi connectivity index (χ2n) is 3.73. The Morgan fingerprint density at radius 3 is 2.72 bits per heavy atom. The molecule has 0 radical (unpaired) electrons. The number of hydrogen-bond donors (Lipinski definition) is 1. The fourth-order valence-corrected chi connectivity index (χ4v) is 2.49. The molecule has 2 aromatic heterocycles. The molecule has 3 rings (SSSR count). The highest BCUT2D eigenvalue weighted by molar-refractivity contribution is 7.13. The van der Waals surface area contributed by atoms with Crippen molar-refractivity contribution in [3.8, 4) is 21.8 Å². The SMILES string of the molecule is Nc1ncncc1-c1nc(-c2ccccc2)cs1. The molecule has 0 spiro atoms. The molecule has 0 unspecified atom stereocenters. The molecule has 0 atom stereocenters. The Morgan fingerprint density at radius 2 is 1.94 bits per heavy atom. The van der Waals surface area contributed by atoms with Gasteiger partial charge in [-0.15, -0.1) is 11.3 Å². The van der Waals surface area contributed by atoms with Crippen LogP contribution in [0.2, 0.25) is 0 Å². The van der Waals surface area contributed by atoms with Crippen molar-refractivity contribution in [3.05, 3.63) is 48.2 Å². The second kappa shape index (κ2) is 4.54. The van der Waals surface area contributed by atoms with E-state index in [0.717, 1.165) is 21.8 Å². The van der Waals surface area contributed by atoms with Gasteiger partial charge in [-0.3, -0.25) is 0 Å². The van der Waals surface area contributed by atoms with Gasteiger partial charge in [0.2, 0.25) is 0 Å². The summed E-state index contributed by atoms with van der Waals surface area (Å²) in [6.07, 6.45) is 3.13. The first-order chi connectivity index (χ1) is 8.84. The van der Waals surface area contributed by atoms with Crippen molar-refractivity contribution in [3.63, 3.8) is 0 Å². The van der Waals surface area contributed by atoms with Crippen molar-refractivity contribution < 1.29 is 0 Å². The number of rotatable bonds is 2. The first-order valence-electron chi connectivity index (χ1n) is 5.41. The maximum atomic E-state index is 5.82. The van der Waals surface area contributed by atoms with Gasteiger partial charge in [-0.1, -0.05) is 30.3 Å². The molecule has 1 aromatic carbocycles. The first-order valence-corrected chi connectivity index (χ1v) is 6.29. The molecule has 88 valence electrons. The van der Waals surface area contributed by atoms with Gasteiger partial charge in [0.25, 0.3) is 0 Å². The average Bonchev–Trinajstić information content (AvgIpc) is 2.90. The predicted octanol–water partition coefficient (Wildman–Crippen LogP) is 2.85. The Labute approximate surface area is 108 Å². The van der Waals surface area contributed by atoms with Gasteiger partial charge in [0.05, 0.1) is 11.3 Å². The van der Waals surface area contributed by atoms with E-state index in [1.807, 2.05) is 35.7 Å². The van der Waals surface area contributed by atoms with Crippen molar-refractivity contribution in [1.82, 2.24) is 15.0 Å². The zero-order valence-corrected chi connectivity index (χ0v) is 10.3. The van der Waals surface area contributed by atoms with E-state index in [9.17, 15) is 0 Å². The molecule has 0 fully saturated rings. The summed E-state index contributed by atoms with van der Waals surface area (Å²) in [6, 6.07) is 10.0. The van der Waals surface area contributed by atoms with E-state index in [-0.39, 0.29) is 0 Å². The van der Waals surface area contributed by atoms with E-state index in [1.165, 1.54) is 6.33 Å². The van der Waals surface area contributed by atoms with Crippen molar-refractivity contribution in [2.45, 2.75) is 0 Å². The molecule has 2 N–H and O–H groups in total. The Balaban J connectivity index is 2.03. The highest BCUT2D eigenvalue weighted by Crippen LogP contribution is 2.30. The second-order valence-corrected chi connectivity index (χ2v) is 4.58. The number of nitrogen functional groups attached to an aromatic ring is 1. The van der Waals surface area contributed by atoms with Crippen molar-refractivity contribution >= 4 is 17.2 Å². The molecule has 0 amide bonds. The molecule has 4 nitrogen and oxygen atoms in total. The number of nitrogens with two attached hydrogens (primary N) is 1. The summed E-state index contributed by atoms with van der Waals surface area (Å²) in [6.45, 7) is 0. The Hall–Kier alpha value is -2.27. The van der Waals surface area contributed by atoms with Crippen LogP contribution >= 0.6 is 11.3 Å². The molecule has 3 aromatic rings. The van der Waals surface area contributed by atoms with Crippen LogP contribution in [-0.4, -0.2) is 15.0 Å². The van der Waals surface area contributed by atoms with E-state index >= 15 is 0 Å². The zero-order valence-electron chi connectivity index (χ0n) is 9.45. The molecular weight excluding hydrogens is 244 g/mol. The maximum absolute atomic E-state index is 5.82. The third-order valence-corrected chi connectivity index (χ3v) is 3.42. The largest absolute Gasteiger partial charge is 0.383 e. The standard InChI is InChI=1S/C13H10N4S/c14-12-10(6-15-8-16-12)13-17-11(7-18-13)9-4-2-1-3-5-9/h1-8H,(H2,14,15,16). The van der Waals surface area contributed by atoms with E-state index in [1.54, 1.807) is 17.5 Å². The minimum Gasteiger partial charge on any atom is -0.383 e.